The van der Waals surface area contributed by atoms with Gasteiger partial charge in [-0.25, -0.2) is 0 Å². The van der Waals surface area contributed by atoms with Crippen molar-refractivity contribution in [1.82, 2.24) is 14.8 Å². The molecule has 5 heteroatoms. The standard InChI is InChI=1S/C23H25N3O2/c1-17(18-7-3-2-4-8-18)26-16-20(15-22(26)27)23(28)24-12-14-25-13-11-19-9-5-6-10-21(19)25/h2-11,13,17,20H,12,14-16H2,1H3,(H,24,28). The number of amides is 2. The monoisotopic (exact) mass is 375 g/mol. The number of rotatable bonds is 6. The van der Waals surface area contributed by atoms with Gasteiger partial charge >= 0.3 is 0 Å². The van der Waals surface area contributed by atoms with Crippen LogP contribution in [0.1, 0.15) is 24.9 Å². The molecule has 144 valence electrons. The van der Waals surface area contributed by atoms with E-state index in [1.807, 2.05) is 60.5 Å². The van der Waals surface area contributed by atoms with Crippen molar-refractivity contribution in [3.8, 4) is 0 Å². The van der Waals surface area contributed by atoms with Crippen LogP contribution in [0.4, 0.5) is 0 Å². The van der Waals surface area contributed by atoms with Crippen LogP contribution < -0.4 is 5.32 Å². The molecule has 0 spiro atoms. The van der Waals surface area contributed by atoms with Crippen molar-refractivity contribution in [2.24, 2.45) is 5.92 Å². The zero-order chi connectivity index (χ0) is 19.5. The number of carbonyl (C=O) groups excluding carboxylic acids is 2. The molecule has 1 fully saturated rings. The summed E-state index contributed by atoms with van der Waals surface area (Å²) in [5.74, 6) is -0.263. The largest absolute Gasteiger partial charge is 0.354 e. The van der Waals surface area contributed by atoms with Crippen LogP contribution in [0.15, 0.2) is 66.9 Å². The van der Waals surface area contributed by atoms with Crippen molar-refractivity contribution in [3.63, 3.8) is 0 Å². The minimum Gasteiger partial charge on any atom is -0.354 e. The molecule has 2 amide bonds. The van der Waals surface area contributed by atoms with Crippen LogP contribution >= 0.6 is 0 Å². The Labute approximate surface area is 165 Å². The van der Waals surface area contributed by atoms with Gasteiger partial charge in [0.15, 0.2) is 0 Å². The van der Waals surface area contributed by atoms with Crippen LogP contribution in [-0.4, -0.2) is 34.4 Å². The quantitative estimate of drug-likeness (QED) is 0.718. The predicted octanol–water partition coefficient (Wildman–Crippen LogP) is 3.37. The fraction of sp³-hybridized carbons (Fsp3) is 0.304. The van der Waals surface area contributed by atoms with Crippen molar-refractivity contribution >= 4 is 22.7 Å². The number of benzene rings is 2. The maximum Gasteiger partial charge on any atom is 0.225 e. The predicted molar refractivity (Wildman–Crippen MR) is 110 cm³/mol. The molecular weight excluding hydrogens is 350 g/mol. The Bertz CT molecular complexity index is 980. The number of hydrogen-bond acceptors (Lipinski definition) is 2. The highest BCUT2D eigenvalue weighted by atomic mass is 16.2. The van der Waals surface area contributed by atoms with Gasteiger partial charge in [0.1, 0.15) is 0 Å². The van der Waals surface area contributed by atoms with Crippen molar-refractivity contribution in [2.45, 2.75) is 25.9 Å². The molecule has 28 heavy (non-hydrogen) atoms. The van der Waals surface area contributed by atoms with E-state index in [4.69, 9.17) is 0 Å². The van der Waals surface area contributed by atoms with Crippen LogP contribution in [0.3, 0.4) is 0 Å². The summed E-state index contributed by atoms with van der Waals surface area (Å²) < 4.78 is 2.14. The van der Waals surface area contributed by atoms with E-state index in [-0.39, 0.29) is 30.2 Å². The van der Waals surface area contributed by atoms with Crippen LogP contribution in [0.25, 0.3) is 10.9 Å². The van der Waals surface area contributed by atoms with Gasteiger partial charge in [0.25, 0.3) is 0 Å². The van der Waals surface area contributed by atoms with Crippen LogP contribution in [0.2, 0.25) is 0 Å². The highest BCUT2D eigenvalue weighted by Gasteiger charge is 2.36. The summed E-state index contributed by atoms with van der Waals surface area (Å²) in [6, 6.07) is 20.2. The van der Waals surface area contributed by atoms with Gasteiger partial charge < -0.3 is 14.8 Å². The summed E-state index contributed by atoms with van der Waals surface area (Å²) in [7, 11) is 0. The SMILES string of the molecule is CC(c1ccccc1)N1CC(C(=O)NCCn2ccc3ccccc32)CC1=O. The maximum atomic E-state index is 12.6. The van der Waals surface area contributed by atoms with Crippen molar-refractivity contribution in [3.05, 3.63) is 72.4 Å². The minimum absolute atomic E-state index is 0.0160. The molecule has 4 rings (SSSR count). The second-order valence-electron chi connectivity index (χ2n) is 7.39. The fourth-order valence-corrected chi connectivity index (χ4v) is 3.97. The number of para-hydroxylation sites is 1. The molecule has 2 aromatic carbocycles. The fourth-order valence-electron chi connectivity index (χ4n) is 3.97. The highest BCUT2D eigenvalue weighted by Crippen LogP contribution is 2.28. The summed E-state index contributed by atoms with van der Waals surface area (Å²) in [5, 5.41) is 4.20. The summed E-state index contributed by atoms with van der Waals surface area (Å²) in [4.78, 5) is 26.9. The van der Waals surface area contributed by atoms with Crippen molar-refractivity contribution in [1.29, 1.82) is 0 Å². The third-order valence-electron chi connectivity index (χ3n) is 5.61. The first kappa shape index (κ1) is 18.3. The second-order valence-corrected chi connectivity index (χ2v) is 7.39. The second kappa shape index (κ2) is 7.89. The third-order valence-corrected chi connectivity index (χ3v) is 5.61. The third kappa shape index (κ3) is 3.65. The Morgan fingerprint density at radius 3 is 2.68 bits per heavy atom. The van der Waals surface area contributed by atoms with E-state index < -0.39 is 0 Å². The van der Waals surface area contributed by atoms with Gasteiger partial charge in [-0.3, -0.25) is 9.59 Å². The molecular formula is C23H25N3O2. The topological polar surface area (TPSA) is 54.3 Å². The molecule has 2 unspecified atom stereocenters. The molecule has 5 nitrogen and oxygen atoms in total. The van der Waals surface area contributed by atoms with Gasteiger partial charge in [-0.05, 0) is 30.0 Å². The van der Waals surface area contributed by atoms with E-state index in [2.05, 4.69) is 28.1 Å². The van der Waals surface area contributed by atoms with E-state index in [0.717, 1.165) is 11.1 Å². The molecule has 2 atom stereocenters. The first-order chi connectivity index (χ1) is 13.6. The molecule has 1 saturated heterocycles. The zero-order valence-electron chi connectivity index (χ0n) is 16.0. The Morgan fingerprint density at radius 1 is 1.11 bits per heavy atom. The zero-order valence-corrected chi connectivity index (χ0v) is 16.0. The smallest absolute Gasteiger partial charge is 0.225 e. The van der Waals surface area contributed by atoms with E-state index in [0.29, 0.717) is 19.6 Å². The molecule has 0 bridgehead atoms. The van der Waals surface area contributed by atoms with Crippen molar-refractivity contribution in [2.75, 3.05) is 13.1 Å². The average molecular weight is 375 g/mol. The van der Waals surface area contributed by atoms with Gasteiger partial charge in [-0.2, -0.15) is 0 Å². The van der Waals surface area contributed by atoms with E-state index in [1.165, 1.54) is 5.39 Å². The molecule has 3 aromatic rings. The van der Waals surface area contributed by atoms with Gasteiger partial charge in [0.2, 0.25) is 11.8 Å². The average Bonchev–Trinajstić information content (AvgIpc) is 3.32. The van der Waals surface area contributed by atoms with Crippen LogP contribution in [0.5, 0.6) is 0 Å². The number of nitrogens with zero attached hydrogens (tertiary/aromatic N) is 2. The number of likely N-dealkylation sites (tertiary alicyclic amines) is 1. The number of aromatic nitrogens is 1. The summed E-state index contributed by atoms with van der Waals surface area (Å²) in [5.41, 5.74) is 2.26. The number of fused-ring (bicyclic) bond motifs is 1. The summed E-state index contributed by atoms with van der Waals surface area (Å²) >= 11 is 0. The molecule has 0 saturated carbocycles. The Morgan fingerprint density at radius 2 is 1.86 bits per heavy atom. The summed E-state index contributed by atoms with van der Waals surface area (Å²) in [6.07, 6.45) is 2.33. The van der Waals surface area contributed by atoms with E-state index in [9.17, 15) is 9.59 Å². The number of hydrogen-bond donors (Lipinski definition) is 1. The van der Waals surface area contributed by atoms with E-state index in [1.54, 1.807) is 0 Å². The normalized spacial score (nSPS) is 17.8. The molecule has 0 aliphatic carbocycles. The molecule has 1 N–H and O–H groups in total. The molecule has 1 aliphatic rings. The number of nitrogens with one attached hydrogen (secondary N) is 1. The molecule has 1 aliphatic heterocycles. The van der Waals surface area contributed by atoms with E-state index >= 15 is 0 Å². The van der Waals surface area contributed by atoms with Gasteiger partial charge in [-0.15, -0.1) is 0 Å². The molecule has 0 radical (unpaired) electrons. The van der Waals surface area contributed by atoms with Gasteiger partial charge in [-0.1, -0.05) is 48.5 Å². The molecule has 1 aromatic heterocycles. The van der Waals surface area contributed by atoms with Crippen LogP contribution in [-0.2, 0) is 16.1 Å². The van der Waals surface area contributed by atoms with Crippen LogP contribution in [0, 0.1) is 5.92 Å². The lowest BCUT2D eigenvalue weighted by Gasteiger charge is -2.25. The first-order valence-electron chi connectivity index (χ1n) is 9.79. The lowest BCUT2D eigenvalue weighted by molar-refractivity contribution is -0.130. The lowest BCUT2D eigenvalue weighted by Crippen LogP contribution is -2.35. The lowest BCUT2D eigenvalue weighted by atomic mass is 10.1. The molecule has 2 heterocycles. The highest BCUT2D eigenvalue weighted by molar-refractivity contribution is 5.89. The number of carbonyl (C=O) groups is 2. The Hall–Kier alpha value is -3.08. The maximum absolute atomic E-state index is 12.6. The van der Waals surface area contributed by atoms with Gasteiger partial charge in [0, 0.05) is 37.8 Å². The summed E-state index contributed by atoms with van der Waals surface area (Å²) in [6.45, 7) is 3.76. The Kier molecular flexibility index (Phi) is 5.15. The Balaban J connectivity index is 1.32. The first-order valence-corrected chi connectivity index (χ1v) is 9.79. The minimum atomic E-state index is -0.278. The van der Waals surface area contributed by atoms with Gasteiger partial charge in [0.05, 0.1) is 12.0 Å². The van der Waals surface area contributed by atoms with Crippen molar-refractivity contribution < 1.29 is 9.59 Å².